The maximum atomic E-state index is 13.0. The molecule has 0 saturated carbocycles. The van der Waals surface area contributed by atoms with Crippen molar-refractivity contribution in [1.82, 2.24) is 10.2 Å². The molecule has 0 aromatic heterocycles. The van der Waals surface area contributed by atoms with Crippen LogP contribution in [0, 0.1) is 0 Å². The van der Waals surface area contributed by atoms with Crippen LogP contribution in [0.4, 0.5) is 4.79 Å². The van der Waals surface area contributed by atoms with E-state index in [2.05, 4.69) is 5.32 Å². The Morgan fingerprint density at radius 3 is 2.70 bits per heavy atom. The Balaban J connectivity index is 1.62. The van der Waals surface area contributed by atoms with Gasteiger partial charge in [0.1, 0.15) is 5.60 Å². The molecule has 0 radical (unpaired) electrons. The second-order valence-corrected chi connectivity index (χ2v) is 9.74. The third kappa shape index (κ3) is 6.12. The van der Waals surface area contributed by atoms with Crippen LogP contribution in [0.3, 0.4) is 0 Å². The molecule has 2 fully saturated rings. The molecule has 3 rings (SSSR count). The summed E-state index contributed by atoms with van der Waals surface area (Å²) >= 11 is 1.65. The van der Waals surface area contributed by atoms with Gasteiger partial charge in [0.05, 0.1) is 30.4 Å². The molecular formula is C22H32N2O5S. The summed E-state index contributed by atoms with van der Waals surface area (Å²) in [6.45, 7) is 7.05. The van der Waals surface area contributed by atoms with E-state index in [0.717, 1.165) is 30.1 Å². The van der Waals surface area contributed by atoms with Crippen molar-refractivity contribution < 1.29 is 23.8 Å². The average Bonchev–Trinajstić information content (AvgIpc) is 3.35. The molecule has 1 aromatic rings. The van der Waals surface area contributed by atoms with Crippen LogP contribution in [0.2, 0.25) is 0 Å². The van der Waals surface area contributed by atoms with Gasteiger partial charge < -0.3 is 24.4 Å². The fraction of sp³-hybridized carbons (Fsp3) is 0.636. The summed E-state index contributed by atoms with van der Waals surface area (Å²) < 4.78 is 16.7. The molecule has 2 amide bonds. The molecule has 8 heteroatoms. The Bertz CT molecular complexity index is 745. The molecule has 0 unspecified atom stereocenters. The summed E-state index contributed by atoms with van der Waals surface area (Å²) in [7, 11) is 1.59. The van der Waals surface area contributed by atoms with E-state index < -0.39 is 11.7 Å². The summed E-state index contributed by atoms with van der Waals surface area (Å²) in [6.07, 6.45) is 1.74. The number of carbonyl (C=O) groups is 2. The maximum Gasteiger partial charge on any atom is 0.410 e. The minimum Gasteiger partial charge on any atom is -0.444 e. The second-order valence-electron chi connectivity index (χ2n) is 8.68. The monoisotopic (exact) mass is 436 g/mol. The number of benzene rings is 1. The maximum absolute atomic E-state index is 13.0. The quantitative estimate of drug-likeness (QED) is 0.690. The first-order valence-electron chi connectivity index (χ1n) is 10.4. The van der Waals surface area contributed by atoms with Crippen molar-refractivity contribution in [1.29, 1.82) is 0 Å². The number of rotatable bonds is 6. The van der Waals surface area contributed by atoms with Crippen LogP contribution >= 0.6 is 11.8 Å². The lowest BCUT2D eigenvalue weighted by molar-refractivity contribution is 0.0252. The van der Waals surface area contributed by atoms with Gasteiger partial charge in [0.15, 0.2) is 0 Å². The Labute approximate surface area is 182 Å². The number of hydrogen-bond acceptors (Lipinski definition) is 6. The van der Waals surface area contributed by atoms with Crippen LogP contribution in [0.5, 0.6) is 0 Å². The van der Waals surface area contributed by atoms with E-state index in [1.54, 1.807) is 23.8 Å². The van der Waals surface area contributed by atoms with Gasteiger partial charge in [-0.25, -0.2) is 4.79 Å². The van der Waals surface area contributed by atoms with Crippen molar-refractivity contribution in [2.75, 3.05) is 32.6 Å². The van der Waals surface area contributed by atoms with Crippen molar-refractivity contribution in [2.24, 2.45) is 0 Å². The molecule has 1 aromatic carbocycles. The number of nitrogens with zero attached hydrogens (tertiary/aromatic N) is 1. The van der Waals surface area contributed by atoms with Crippen molar-refractivity contribution in [3.8, 4) is 0 Å². The Morgan fingerprint density at radius 2 is 2.03 bits per heavy atom. The number of carbonyl (C=O) groups excluding carboxylic acids is 2. The van der Waals surface area contributed by atoms with Crippen LogP contribution in [0.25, 0.3) is 0 Å². The molecule has 0 aliphatic carbocycles. The normalized spacial score (nSPS) is 24.1. The molecule has 2 heterocycles. The molecule has 0 spiro atoms. The zero-order valence-electron chi connectivity index (χ0n) is 18.2. The lowest BCUT2D eigenvalue weighted by atomic mass is 10.1. The number of methoxy groups -OCH3 is 1. The molecule has 30 heavy (non-hydrogen) atoms. The van der Waals surface area contributed by atoms with E-state index in [-0.39, 0.29) is 24.2 Å². The highest BCUT2D eigenvalue weighted by Gasteiger charge is 2.38. The van der Waals surface area contributed by atoms with Crippen LogP contribution in [-0.2, 0) is 14.2 Å². The number of likely N-dealkylation sites (tertiary alicyclic amines) is 1. The van der Waals surface area contributed by atoms with Gasteiger partial charge in [0.25, 0.3) is 5.91 Å². The fourth-order valence-corrected chi connectivity index (χ4v) is 4.73. The molecular weight excluding hydrogens is 404 g/mol. The van der Waals surface area contributed by atoms with Gasteiger partial charge >= 0.3 is 6.09 Å². The number of hydrogen-bond donors (Lipinski definition) is 1. The highest BCUT2D eigenvalue weighted by Crippen LogP contribution is 2.27. The third-order valence-corrected chi connectivity index (χ3v) is 6.32. The van der Waals surface area contributed by atoms with Gasteiger partial charge in [0.2, 0.25) is 0 Å². The summed E-state index contributed by atoms with van der Waals surface area (Å²) in [5.41, 5.74) is 0.0614. The average molecular weight is 437 g/mol. The number of ether oxygens (including phenoxy) is 3. The smallest absolute Gasteiger partial charge is 0.410 e. The fourth-order valence-electron chi connectivity index (χ4n) is 3.61. The predicted octanol–water partition coefficient (Wildman–Crippen LogP) is 3.32. The van der Waals surface area contributed by atoms with Gasteiger partial charge in [-0.1, -0.05) is 12.1 Å². The van der Waals surface area contributed by atoms with Crippen molar-refractivity contribution in [3.63, 3.8) is 0 Å². The van der Waals surface area contributed by atoms with Crippen molar-refractivity contribution in [2.45, 2.75) is 62.4 Å². The summed E-state index contributed by atoms with van der Waals surface area (Å²) in [6, 6.07) is 7.29. The minimum absolute atomic E-state index is 0.163. The SMILES string of the molecule is CO[C@H]1CN(C(=O)OC(C)(C)C)C[C@H]1NC(=O)c1ccccc1SC[C@H]1CCCO1. The third-order valence-electron chi connectivity index (χ3n) is 5.12. The number of thioether (sulfide) groups is 1. The molecule has 3 atom stereocenters. The van der Waals surface area contributed by atoms with Gasteiger partial charge in [0, 0.05) is 30.9 Å². The van der Waals surface area contributed by atoms with Gasteiger partial charge in [-0.2, -0.15) is 0 Å². The van der Waals surface area contributed by atoms with Gasteiger partial charge in [-0.3, -0.25) is 4.79 Å². The highest BCUT2D eigenvalue weighted by atomic mass is 32.2. The van der Waals surface area contributed by atoms with Crippen molar-refractivity contribution in [3.05, 3.63) is 29.8 Å². The van der Waals surface area contributed by atoms with Crippen LogP contribution in [0.15, 0.2) is 29.2 Å². The Hall–Kier alpha value is -1.77. The largest absolute Gasteiger partial charge is 0.444 e. The standard InChI is InChI=1S/C22H32N2O5S/c1-22(2,3)29-21(26)24-12-17(18(13-24)27-4)23-20(25)16-9-5-6-10-19(16)30-14-15-8-7-11-28-15/h5-6,9-10,15,17-18H,7-8,11-14H2,1-4H3,(H,23,25)/t15-,17-,18+/m1/s1. The zero-order valence-corrected chi connectivity index (χ0v) is 19.0. The van der Waals surface area contributed by atoms with E-state index in [1.807, 2.05) is 45.0 Å². The highest BCUT2D eigenvalue weighted by molar-refractivity contribution is 7.99. The van der Waals surface area contributed by atoms with E-state index >= 15 is 0 Å². The van der Waals surface area contributed by atoms with E-state index in [1.165, 1.54) is 0 Å². The molecule has 2 saturated heterocycles. The lowest BCUT2D eigenvalue weighted by Gasteiger charge is -2.24. The van der Waals surface area contributed by atoms with Crippen LogP contribution in [0.1, 0.15) is 44.0 Å². The first kappa shape index (κ1) is 22.9. The molecule has 2 aliphatic rings. The second kappa shape index (κ2) is 10.0. The topological polar surface area (TPSA) is 77.1 Å². The van der Waals surface area contributed by atoms with Gasteiger partial charge in [-0.05, 0) is 45.7 Å². The molecule has 7 nitrogen and oxygen atoms in total. The lowest BCUT2D eigenvalue weighted by Crippen LogP contribution is -2.44. The van der Waals surface area contributed by atoms with E-state index in [4.69, 9.17) is 14.2 Å². The first-order chi connectivity index (χ1) is 14.3. The first-order valence-corrected chi connectivity index (χ1v) is 11.4. The van der Waals surface area contributed by atoms with E-state index in [0.29, 0.717) is 18.7 Å². The summed E-state index contributed by atoms with van der Waals surface area (Å²) in [5, 5.41) is 3.05. The molecule has 2 aliphatic heterocycles. The molecule has 1 N–H and O–H groups in total. The molecule has 0 bridgehead atoms. The summed E-state index contributed by atoms with van der Waals surface area (Å²) in [4.78, 5) is 28.0. The molecule has 166 valence electrons. The van der Waals surface area contributed by atoms with Gasteiger partial charge in [-0.15, -0.1) is 11.8 Å². The van der Waals surface area contributed by atoms with Crippen molar-refractivity contribution >= 4 is 23.8 Å². The number of amides is 2. The van der Waals surface area contributed by atoms with E-state index in [9.17, 15) is 9.59 Å². The summed E-state index contributed by atoms with van der Waals surface area (Å²) in [5.74, 6) is 0.671. The van der Waals surface area contributed by atoms with Crippen LogP contribution in [-0.4, -0.2) is 73.3 Å². The number of nitrogens with one attached hydrogen (secondary N) is 1. The van der Waals surface area contributed by atoms with Crippen LogP contribution < -0.4 is 5.32 Å². The Kier molecular flexibility index (Phi) is 7.65. The predicted molar refractivity (Wildman–Crippen MR) is 116 cm³/mol. The minimum atomic E-state index is -0.569. The Morgan fingerprint density at radius 1 is 1.27 bits per heavy atom. The zero-order chi connectivity index (χ0) is 21.7.